The lowest BCUT2D eigenvalue weighted by molar-refractivity contribution is -0.132. The van der Waals surface area contributed by atoms with Crippen molar-refractivity contribution >= 4 is 23.1 Å². The Morgan fingerprint density at radius 1 is 1.43 bits per heavy atom. The van der Waals surface area contributed by atoms with E-state index >= 15 is 0 Å². The summed E-state index contributed by atoms with van der Waals surface area (Å²) in [5.74, 6) is 0.583. The van der Waals surface area contributed by atoms with Gasteiger partial charge in [0.25, 0.3) is 5.91 Å². The van der Waals surface area contributed by atoms with Gasteiger partial charge in [0, 0.05) is 19.5 Å². The maximum Gasteiger partial charge on any atom is 0.260 e. The van der Waals surface area contributed by atoms with Crippen LogP contribution in [0.25, 0.3) is 0 Å². The largest absolute Gasteiger partial charge is 0.484 e. The summed E-state index contributed by atoms with van der Waals surface area (Å²) < 4.78 is 5.51. The van der Waals surface area contributed by atoms with E-state index in [1.165, 1.54) is 5.56 Å². The highest BCUT2D eigenvalue weighted by molar-refractivity contribution is 7.80. The molecule has 0 bridgehead atoms. The molecule has 0 radical (unpaired) electrons. The normalized spacial score (nSPS) is 9.95. The van der Waals surface area contributed by atoms with Crippen LogP contribution in [-0.2, 0) is 11.2 Å². The zero-order valence-electron chi connectivity index (χ0n) is 12.4. The summed E-state index contributed by atoms with van der Waals surface area (Å²) in [5.41, 5.74) is 6.70. The first-order valence-corrected chi connectivity index (χ1v) is 7.36. The monoisotopic (exact) mass is 306 g/mol. The summed E-state index contributed by atoms with van der Waals surface area (Å²) >= 11 is 4.83. The molecule has 114 valence electrons. The lowest BCUT2D eigenvalue weighted by atomic mass is 10.2. The Kier molecular flexibility index (Phi) is 7.46. The first-order chi connectivity index (χ1) is 10.1. The van der Waals surface area contributed by atoms with Crippen LogP contribution in [0, 0.1) is 0 Å². The second-order valence-electron chi connectivity index (χ2n) is 4.63. The molecule has 1 aromatic rings. The molecule has 21 heavy (non-hydrogen) atoms. The minimum absolute atomic E-state index is 0.00333. The smallest absolute Gasteiger partial charge is 0.260 e. The number of benzene rings is 1. The molecule has 1 amide bonds. The van der Waals surface area contributed by atoms with Gasteiger partial charge in [-0.3, -0.25) is 4.79 Å². The van der Waals surface area contributed by atoms with E-state index in [-0.39, 0.29) is 12.5 Å². The average Bonchev–Trinajstić information content (AvgIpc) is 2.49. The zero-order chi connectivity index (χ0) is 15.7. The molecule has 0 heterocycles. The number of amides is 1. The van der Waals surface area contributed by atoms with E-state index in [4.69, 9.17) is 22.7 Å². The zero-order valence-corrected chi connectivity index (χ0v) is 13.2. The quantitative estimate of drug-likeness (QED) is 0.562. The van der Waals surface area contributed by atoms with Crippen LogP contribution in [0.2, 0.25) is 0 Å². The third-order valence-corrected chi connectivity index (χ3v) is 3.23. The number of nitrogens with two attached hydrogens (primary N) is 1. The van der Waals surface area contributed by atoms with E-state index in [1.807, 2.05) is 24.3 Å². The second-order valence-corrected chi connectivity index (χ2v) is 5.16. The number of aryl methyl sites for hydroxylation is 1. The topological polar surface area (TPSA) is 55.6 Å². The maximum atomic E-state index is 12.1. The van der Waals surface area contributed by atoms with Crippen molar-refractivity contribution in [2.24, 2.45) is 5.73 Å². The molecule has 1 rings (SSSR count). The van der Waals surface area contributed by atoms with Gasteiger partial charge in [-0.15, -0.1) is 6.58 Å². The summed E-state index contributed by atoms with van der Waals surface area (Å²) in [4.78, 5) is 14.1. The van der Waals surface area contributed by atoms with Crippen LogP contribution in [0.15, 0.2) is 36.9 Å². The van der Waals surface area contributed by atoms with Gasteiger partial charge in [0.15, 0.2) is 6.61 Å². The summed E-state index contributed by atoms with van der Waals surface area (Å²) in [6.45, 7) is 6.68. The molecule has 0 atom stereocenters. The minimum Gasteiger partial charge on any atom is -0.484 e. The SMILES string of the molecule is C=CCN(CCC(N)=S)C(=O)COc1ccc(CC)cc1. The molecule has 0 aliphatic carbocycles. The molecule has 0 aliphatic rings. The minimum atomic E-state index is -0.106. The number of hydrogen-bond donors (Lipinski definition) is 1. The fourth-order valence-corrected chi connectivity index (χ4v) is 1.87. The predicted molar refractivity (Wildman–Crippen MR) is 89.5 cm³/mol. The molecule has 0 saturated carbocycles. The summed E-state index contributed by atoms with van der Waals surface area (Å²) in [7, 11) is 0. The summed E-state index contributed by atoms with van der Waals surface area (Å²) in [6, 6.07) is 7.74. The van der Waals surface area contributed by atoms with E-state index < -0.39 is 0 Å². The average molecular weight is 306 g/mol. The number of ether oxygens (including phenoxy) is 1. The van der Waals surface area contributed by atoms with Gasteiger partial charge in [-0.2, -0.15) is 0 Å². The number of hydrogen-bond acceptors (Lipinski definition) is 3. The van der Waals surface area contributed by atoms with Crippen LogP contribution in [0.1, 0.15) is 18.9 Å². The molecule has 2 N–H and O–H groups in total. The molecule has 5 heteroatoms. The third-order valence-electron chi connectivity index (χ3n) is 3.02. The molecular formula is C16H22N2O2S. The molecule has 4 nitrogen and oxygen atoms in total. The Labute approximate surface area is 131 Å². The van der Waals surface area contributed by atoms with Crippen LogP contribution >= 0.6 is 12.2 Å². The Morgan fingerprint density at radius 3 is 2.62 bits per heavy atom. The van der Waals surface area contributed by atoms with Crippen molar-refractivity contribution in [1.29, 1.82) is 0 Å². The fourth-order valence-electron chi connectivity index (χ4n) is 1.78. The van der Waals surface area contributed by atoms with Gasteiger partial charge in [-0.25, -0.2) is 0 Å². The molecular weight excluding hydrogens is 284 g/mol. The van der Waals surface area contributed by atoms with E-state index in [1.54, 1.807) is 11.0 Å². The number of carbonyl (C=O) groups is 1. The molecule has 1 aromatic carbocycles. The predicted octanol–water partition coefficient (Wildman–Crippen LogP) is 2.32. The van der Waals surface area contributed by atoms with Crippen LogP contribution in [-0.4, -0.2) is 35.5 Å². The number of carbonyl (C=O) groups excluding carboxylic acids is 1. The van der Waals surface area contributed by atoms with Crippen molar-refractivity contribution < 1.29 is 9.53 Å². The number of rotatable bonds is 9. The van der Waals surface area contributed by atoms with Gasteiger partial charge in [-0.05, 0) is 24.1 Å². The fraction of sp³-hybridized carbons (Fsp3) is 0.375. The van der Waals surface area contributed by atoms with Gasteiger partial charge in [-0.1, -0.05) is 37.4 Å². The third kappa shape index (κ3) is 6.40. The number of thiocarbonyl (C=S) groups is 1. The highest BCUT2D eigenvalue weighted by Crippen LogP contribution is 2.12. The molecule has 0 aromatic heterocycles. The van der Waals surface area contributed by atoms with Gasteiger partial charge >= 0.3 is 0 Å². The van der Waals surface area contributed by atoms with E-state index in [9.17, 15) is 4.79 Å². The standard InChI is InChI=1S/C16H22N2O2S/c1-3-10-18(11-9-15(17)21)16(19)12-20-14-7-5-13(4-2)6-8-14/h3,5-8H,1,4,9-12H2,2H3,(H2,17,21). The van der Waals surface area contributed by atoms with Gasteiger partial charge in [0.1, 0.15) is 5.75 Å². The van der Waals surface area contributed by atoms with Gasteiger partial charge in [0.05, 0.1) is 4.99 Å². The van der Waals surface area contributed by atoms with Crippen molar-refractivity contribution in [1.82, 2.24) is 4.90 Å². The molecule has 0 unspecified atom stereocenters. The molecule has 0 spiro atoms. The van der Waals surface area contributed by atoms with Crippen LogP contribution in [0.3, 0.4) is 0 Å². The highest BCUT2D eigenvalue weighted by atomic mass is 32.1. The lowest BCUT2D eigenvalue weighted by Gasteiger charge is -2.21. The Hall–Kier alpha value is -1.88. The van der Waals surface area contributed by atoms with Crippen LogP contribution in [0.4, 0.5) is 0 Å². The van der Waals surface area contributed by atoms with E-state index in [2.05, 4.69) is 13.5 Å². The Balaban J connectivity index is 2.51. The Bertz CT molecular complexity index is 486. The van der Waals surface area contributed by atoms with Crippen molar-refractivity contribution in [2.75, 3.05) is 19.7 Å². The van der Waals surface area contributed by atoms with E-state index in [0.29, 0.717) is 30.2 Å². The summed E-state index contributed by atoms with van der Waals surface area (Å²) in [5, 5.41) is 0. The van der Waals surface area contributed by atoms with Crippen molar-refractivity contribution in [3.05, 3.63) is 42.5 Å². The van der Waals surface area contributed by atoms with Crippen LogP contribution in [0.5, 0.6) is 5.75 Å². The summed E-state index contributed by atoms with van der Waals surface area (Å²) in [6.07, 6.45) is 3.15. The number of nitrogens with zero attached hydrogens (tertiary/aromatic N) is 1. The Morgan fingerprint density at radius 2 is 2.10 bits per heavy atom. The van der Waals surface area contributed by atoms with Crippen molar-refractivity contribution in [3.8, 4) is 5.75 Å². The van der Waals surface area contributed by atoms with Gasteiger partial charge in [0.2, 0.25) is 0 Å². The van der Waals surface area contributed by atoms with Crippen molar-refractivity contribution in [3.63, 3.8) is 0 Å². The highest BCUT2D eigenvalue weighted by Gasteiger charge is 2.13. The molecule has 0 aliphatic heterocycles. The van der Waals surface area contributed by atoms with Gasteiger partial charge < -0.3 is 15.4 Å². The first kappa shape index (κ1) is 17.2. The maximum absolute atomic E-state index is 12.1. The molecule has 0 fully saturated rings. The first-order valence-electron chi connectivity index (χ1n) is 6.95. The van der Waals surface area contributed by atoms with Crippen molar-refractivity contribution in [2.45, 2.75) is 19.8 Å². The van der Waals surface area contributed by atoms with Crippen LogP contribution < -0.4 is 10.5 Å². The second kappa shape index (κ2) is 9.13. The van der Waals surface area contributed by atoms with E-state index in [0.717, 1.165) is 6.42 Å². The lowest BCUT2D eigenvalue weighted by Crippen LogP contribution is -2.37. The molecule has 0 saturated heterocycles.